The number of aliphatic hydroxyl groups is 6. The second kappa shape index (κ2) is 28.9. The lowest BCUT2D eigenvalue weighted by Crippen LogP contribution is -2.64. The maximum absolute atomic E-state index is 13.3. The minimum atomic E-state index is -2.40. The van der Waals surface area contributed by atoms with Crippen molar-refractivity contribution in [1.82, 2.24) is 0 Å². The van der Waals surface area contributed by atoms with Crippen molar-refractivity contribution in [1.29, 1.82) is 0 Å². The second-order valence-corrected chi connectivity index (χ2v) is 13.9. The lowest BCUT2D eigenvalue weighted by atomic mass is 9.97. The molecule has 0 aromatic rings. The van der Waals surface area contributed by atoms with Crippen LogP contribution in [-0.2, 0) is 47.6 Å². The van der Waals surface area contributed by atoms with Crippen LogP contribution in [0.15, 0.2) is 0 Å². The molecule has 316 valence electrons. The summed E-state index contributed by atoms with van der Waals surface area (Å²) in [5.74, 6) is -2.75. The van der Waals surface area contributed by atoms with Crippen molar-refractivity contribution in [3.63, 3.8) is 0 Å². The molecule has 1 fully saturated rings. The predicted octanol–water partition coefficient (Wildman–Crippen LogP) is 2.86. The predicted molar refractivity (Wildman–Crippen MR) is 193 cm³/mol. The molecular formula is C38H68O16. The van der Waals surface area contributed by atoms with E-state index in [1.54, 1.807) is 0 Å². The number of carbonyl (C=O) groups excluding carboxylic acids is 4. The zero-order valence-corrected chi connectivity index (χ0v) is 32.7. The number of hydrogen-bond acceptors (Lipinski definition) is 16. The summed E-state index contributed by atoms with van der Waals surface area (Å²) in [5, 5.41) is 61.1. The Kier molecular flexibility index (Phi) is 26.5. The Morgan fingerprint density at radius 2 is 0.963 bits per heavy atom. The zero-order chi connectivity index (χ0) is 40.5. The lowest BCUT2D eigenvalue weighted by Gasteiger charge is -2.45. The van der Waals surface area contributed by atoms with Crippen LogP contribution < -0.4 is 0 Å². The molecule has 0 amide bonds. The summed E-state index contributed by atoms with van der Waals surface area (Å²) in [6.07, 6.45) is -8.86. The first-order chi connectivity index (χ1) is 25.8. The van der Waals surface area contributed by atoms with Gasteiger partial charge < -0.3 is 59.1 Å². The second-order valence-electron chi connectivity index (χ2n) is 13.9. The molecule has 6 N–H and O–H groups in total. The minimum absolute atomic E-state index is 0.00200. The van der Waals surface area contributed by atoms with Crippen molar-refractivity contribution in [2.45, 2.75) is 205 Å². The molecule has 1 unspecified atom stereocenters. The van der Waals surface area contributed by atoms with Crippen molar-refractivity contribution in [2.24, 2.45) is 0 Å². The molecule has 16 heteroatoms. The van der Waals surface area contributed by atoms with Crippen LogP contribution in [0.3, 0.4) is 0 Å². The summed E-state index contributed by atoms with van der Waals surface area (Å²) >= 11 is 0. The molecule has 1 aliphatic heterocycles. The normalized spacial score (nSPS) is 22.7. The van der Waals surface area contributed by atoms with E-state index in [1.807, 2.05) is 20.8 Å². The fourth-order valence-electron chi connectivity index (χ4n) is 5.76. The molecular weight excluding hydrogens is 712 g/mol. The number of esters is 4. The third kappa shape index (κ3) is 18.9. The number of unbranched alkanes of at least 4 members (excludes halogenated alkanes) is 10. The van der Waals surface area contributed by atoms with Crippen molar-refractivity contribution in [3.8, 4) is 0 Å². The molecule has 16 nitrogen and oxygen atoms in total. The number of carbonyl (C=O) groups is 4. The van der Waals surface area contributed by atoms with Crippen molar-refractivity contribution >= 4 is 23.9 Å². The van der Waals surface area contributed by atoms with E-state index in [2.05, 4.69) is 6.92 Å². The van der Waals surface area contributed by atoms with E-state index in [0.29, 0.717) is 32.1 Å². The van der Waals surface area contributed by atoms with Crippen LogP contribution in [0.4, 0.5) is 0 Å². The van der Waals surface area contributed by atoms with E-state index in [-0.39, 0.29) is 25.7 Å². The highest BCUT2D eigenvalue weighted by Crippen LogP contribution is 2.32. The average molecular weight is 781 g/mol. The van der Waals surface area contributed by atoms with Crippen LogP contribution >= 0.6 is 0 Å². The number of ether oxygens (including phenoxy) is 6. The molecule has 0 spiro atoms. The molecule has 0 aromatic carbocycles. The Balaban J connectivity index is 3.64. The van der Waals surface area contributed by atoms with Gasteiger partial charge in [0.25, 0.3) is 0 Å². The highest BCUT2D eigenvalue weighted by atomic mass is 16.8. The van der Waals surface area contributed by atoms with Gasteiger partial charge in [0.15, 0.2) is 24.6 Å². The number of hydrogen-bond donors (Lipinski definition) is 6. The standard InChI is InChI=1S/C38H68O16/c1-5-9-13-14-18-22-30(44)53-36-35(52-29(43)21-17-12-8-4)34(51-28(42)20-16-11-7-3)26(24-49-27(41)19-15-10-6-2)50-38(36)54-37(48)33(47)32(46)31(45)25(40)23-39/h25-26,31-40,45-48H,5-24H2,1-4H3/t25-,26-,31-,32+,33-,34-,35+,36+,37?,38-/m1/s1. The fraction of sp³-hybridized carbons (Fsp3) is 0.895. The Hall–Kier alpha value is -2.44. The van der Waals surface area contributed by atoms with E-state index < -0.39 is 98.5 Å². The fourth-order valence-corrected chi connectivity index (χ4v) is 5.76. The van der Waals surface area contributed by atoms with Gasteiger partial charge in [0.05, 0.1) is 6.61 Å². The topological polar surface area (TPSA) is 245 Å². The summed E-state index contributed by atoms with van der Waals surface area (Å²) in [7, 11) is 0. The van der Waals surface area contributed by atoms with Crippen LogP contribution in [-0.4, -0.2) is 129 Å². The van der Waals surface area contributed by atoms with Crippen LogP contribution in [0.1, 0.15) is 143 Å². The Bertz CT molecular complexity index is 1040. The summed E-state index contributed by atoms with van der Waals surface area (Å²) < 4.78 is 34.7. The largest absolute Gasteiger partial charge is 0.463 e. The third-order valence-corrected chi connectivity index (χ3v) is 9.09. The van der Waals surface area contributed by atoms with Crippen LogP contribution in [0.25, 0.3) is 0 Å². The molecule has 0 aliphatic carbocycles. The van der Waals surface area contributed by atoms with E-state index in [0.717, 1.165) is 57.8 Å². The highest BCUT2D eigenvalue weighted by molar-refractivity contribution is 5.72. The molecule has 1 heterocycles. The van der Waals surface area contributed by atoms with Gasteiger partial charge in [-0.05, 0) is 25.7 Å². The molecule has 1 saturated heterocycles. The van der Waals surface area contributed by atoms with Gasteiger partial charge in [-0.2, -0.15) is 0 Å². The number of aliphatic hydroxyl groups excluding tert-OH is 6. The Labute approximate surface area is 319 Å². The molecule has 54 heavy (non-hydrogen) atoms. The van der Waals surface area contributed by atoms with Crippen LogP contribution in [0.5, 0.6) is 0 Å². The smallest absolute Gasteiger partial charge is 0.306 e. The highest BCUT2D eigenvalue weighted by Gasteiger charge is 2.54. The molecule has 0 aromatic heterocycles. The van der Waals surface area contributed by atoms with Gasteiger partial charge in [-0.25, -0.2) is 0 Å². The first kappa shape index (κ1) is 49.6. The summed E-state index contributed by atoms with van der Waals surface area (Å²) in [5.41, 5.74) is 0. The maximum Gasteiger partial charge on any atom is 0.306 e. The molecule has 1 rings (SSSR count). The van der Waals surface area contributed by atoms with Gasteiger partial charge in [0, 0.05) is 25.7 Å². The van der Waals surface area contributed by atoms with E-state index >= 15 is 0 Å². The molecule has 0 bridgehead atoms. The van der Waals surface area contributed by atoms with E-state index in [1.165, 1.54) is 0 Å². The summed E-state index contributed by atoms with van der Waals surface area (Å²) in [4.78, 5) is 52.4. The van der Waals surface area contributed by atoms with E-state index in [9.17, 15) is 49.8 Å². The van der Waals surface area contributed by atoms with Crippen LogP contribution in [0, 0.1) is 0 Å². The third-order valence-electron chi connectivity index (χ3n) is 9.09. The minimum Gasteiger partial charge on any atom is -0.463 e. The SMILES string of the molecule is CCCCCCCC(=O)O[C@@H]1[C@@H](OC(O)[C@H](O)[C@@H](O)[C@H](O)[C@H](O)CO)O[C@H](COC(=O)CCCCC)[C@@H](OC(=O)CCCCC)[C@@H]1OC(=O)CCCCC. The molecule has 0 saturated carbocycles. The molecule has 10 atom stereocenters. The first-order valence-corrected chi connectivity index (χ1v) is 19.9. The Morgan fingerprint density at radius 1 is 0.537 bits per heavy atom. The monoisotopic (exact) mass is 780 g/mol. The van der Waals surface area contributed by atoms with Gasteiger partial charge in [0.1, 0.15) is 37.1 Å². The summed E-state index contributed by atoms with van der Waals surface area (Å²) in [6.45, 7) is 6.41. The summed E-state index contributed by atoms with van der Waals surface area (Å²) in [6, 6.07) is 0. The van der Waals surface area contributed by atoms with Gasteiger partial charge in [-0.1, -0.05) is 91.9 Å². The van der Waals surface area contributed by atoms with E-state index in [4.69, 9.17) is 28.4 Å². The van der Waals surface area contributed by atoms with Crippen molar-refractivity contribution < 1.29 is 78.2 Å². The maximum atomic E-state index is 13.3. The first-order valence-electron chi connectivity index (χ1n) is 19.9. The average Bonchev–Trinajstić information content (AvgIpc) is 3.15. The molecule has 1 aliphatic rings. The molecule has 0 radical (unpaired) electrons. The van der Waals surface area contributed by atoms with Gasteiger partial charge in [0.2, 0.25) is 6.29 Å². The zero-order valence-electron chi connectivity index (χ0n) is 32.7. The Morgan fingerprint density at radius 3 is 1.46 bits per heavy atom. The quantitative estimate of drug-likeness (QED) is 0.0266. The van der Waals surface area contributed by atoms with Crippen LogP contribution in [0.2, 0.25) is 0 Å². The lowest BCUT2D eigenvalue weighted by molar-refractivity contribution is -0.349. The van der Waals surface area contributed by atoms with Crippen molar-refractivity contribution in [2.75, 3.05) is 13.2 Å². The van der Waals surface area contributed by atoms with Gasteiger partial charge in [-0.15, -0.1) is 0 Å². The number of rotatable bonds is 30. The van der Waals surface area contributed by atoms with Gasteiger partial charge in [-0.3, -0.25) is 19.2 Å². The van der Waals surface area contributed by atoms with Crippen molar-refractivity contribution in [3.05, 3.63) is 0 Å². The van der Waals surface area contributed by atoms with Gasteiger partial charge >= 0.3 is 23.9 Å².